The highest BCUT2D eigenvalue weighted by molar-refractivity contribution is 5.96. The van der Waals surface area contributed by atoms with Crippen LogP contribution < -0.4 is 10.6 Å². The normalized spacial score (nSPS) is 15.0. The molecule has 0 aromatic heterocycles. The molecule has 1 heterocycles. The van der Waals surface area contributed by atoms with Crippen LogP contribution in [-0.4, -0.2) is 56.6 Å². The molecule has 24 heavy (non-hydrogen) atoms. The van der Waals surface area contributed by atoms with Gasteiger partial charge in [-0.3, -0.25) is 14.5 Å². The number of carbonyl (C=O) groups is 2. The SMILES string of the molecule is COCCCNC(=O)c1ccc(NC(=O)CN2CCCCC2)cc1. The number of amides is 2. The molecule has 0 atom stereocenters. The van der Waals surface area contributed by atoms with E-state index in [1.54, 1.807) is 31.4 Å². The van der Waals surface area contributed by atoms with E-state index in [2.05, 4.69) is 15.5 Å². The van der Waals surface area contributed by atoms with E-state index in [0.717, 1.165) is 19.5 Å². The van der Waals surface area contributed by atoms with Gasteiger partial charge in [-0.2, -0.15) is 0 Å². The molecule has 0 aliphatic carbocycles. The van der Waals surface area contributed by atoms with Gasteiger partial charge in [-0.15, -0.1) is 0 Å². The molecule has 2 N–H and O–H groups in total. The van der Waals surface area contributed by atoms with Gasteiger partial charge in [0.25, 0.3) is 5.91 Å². The van der Waals surface area contributed by atoms with Crippen LogP contribution in [0.2, 0.25) is 0 Å². The van der Waals surface area contributed by atoms with Gasteiger partial charge in [0.1, 0.15) is 0 Å². The molecule has 1 aromatic carbocycles. The zero-order valence-corrected chi connectivity index (χ0v) is 14.3. The molecule has 0 radical (unpaired) electrons. The Kier molecular flexibility index (Phi) is 7.71. The van der Waals surface area contributed by atoms with Crippen LogP contribution >= 0.6 is 0 Å². The van der Waals surface area contributed by atoms with Crippen molar-refractivity contribution in [1.82, 2.24) is 10.2 Å². The molecule has 0 spiro atoms. The van der Waals surface area contributed by atoms with Crippen molar-refractivity contribution in [2.45, 2.75) is 25.7 Å². The highest BCUT2D eigenvalue weighted by Crippen LogP contribution is 2.11. The second-order valence-electron chi connectivity index (χ2n) is 6.06. The van der Waals surface area contributed by atoms with Gasteiger partial charge in [-0.1, -0.05) is 6.42 Å². The molecule has 1 aliphatic rings. The third-order valence-electron chi connectivity index (χ3n) is 4.06. The summed E-state index contributed by atoms with van der Waals surface area (Å²) in [6.45, 7) is 3.64. The number of ether oxygens (including phenoxy) is 1. The minimum atomic E-state index is -0.114. The fourth-order valence-electron chi connectivity index (χ4n) is 2.75. The lowest BCUT2D eigenvalue weighted by molar-refractivity contribution is -0.117. The van der Waals surface area contributed by atoms with Gasteiger partial charge in [0, 0.05) is 31.5 Å². The Morgan fingerprint density at radius 1 is 1.12 bits per heavy atom. The lowest BCUT2D eigenvalue weighted by Crippen LogP contribution is -2.36. The molecule has 132 valence electrons. The molecule has 6 heteroatoms. The Labute approximate surface area is 143 Å². The molecule has 1 fully saturated rings. The van der Waals surface area contributed by atoms with Crippen molar-refractivity contribution in [3.8, 4) is 0 Å². The summed E-state index contributed by atoms with van der Waals surface area (Å²) in [6.07, 6.45) is 4.38. The lowest BCUT2D eigenvalue weighted by Gasteiger charge is -2.25. The summed E-state index contributed by atoms with van der Waals surface area (Å²) in [6, 6.07) is 6.97. The molecule has 2 amide bonds. The highest BCUT2D eigenvalue weighted by Gasteiger charge is 2.14. The summed E-state index contributed by atoms with van der Waals surface area (Å²) in [5, 5.41) is 5.72. The van der Waals surface area contributed by atoms with E-state index in [-0.39, 0.29) is 11.8 Å². The topological polar surface area (TPSA) is 70.7 Å². The van der Waals surface area contributed by atoms with E-state index >= 15 is 0 Å². The van der Waals surface area contributed by atoms with Gasteiger partial charge < -0.3 is 15.4 Å². The molecular weight excluding hydrogens is 306 g/mol. The van der Waals surface area contributed by atoms with E-state index in [1.807, 2.05) is 0 Å². The van der Waals surface area contributed by atoms with Gasteiger partial charge >= 0.3 is 0 Å². The van der Waals surface area contributed by atoms with Crippen LogP contribution in [0.3, 0.4) is 0 Å². The monoisotopic (exact) mass is 333 g/mol. The maximum atomic E-state index is 12.1. The third kappa shape index (κ3) is 6.29. The number of likely N-dealkylation sites (tertiary alicyclic amines) is 1. The average molecular weight is 333 g/mol. The van der Waals surface area contributed by atoms with Crippen LogP contribution in [0.1, 0.15) is 36.0 Å². The number of hydrogen-bond acceptors (Lipinski definition) is 4. The fourth-order valence-corrected chi connectivity index (χ4v) is 2.75. The van der Waals surface area contributed by atoms with Crippen LogP contribution in [0.5, 0.6) is 0 Å². The second kappa shape index (κ2) is 10.1. The minimum Gasteiger partial charge on any atom is -0.385 e. The molecule has 0 bridgehead atoms. The summed E-state index contributed by atoms with van der Waals surface area (Å²) in [5.74, 6) is -0.119. The van der Waals surface area contributed by atoms with Gasteiger partial charge in [0.2, 0.25) is 5.91 Å². The Bertz CT molecular complexity index is 525. The Morgan fingerprint density at radius 2 is 1.83 bits per heavy atom. The number of piperidine rings is 1. The molecule has 1 saturated heterocycles. The van der Waals surface area contributed by atoms with Gasteiger partial charge in [-0.25, -0.2) is 0 Å². The third-order valence-corrected chi connectivity index (χ3v) is 4.06. The molecule has 1 aliphatic heterocycles. The summed E-state index contributed by atoms with van der Waals surface area (Å²) in [4.78, 5) is 26.2. The van der Waals surface area contributed by atoms with E-state index in [9.17, 15) is 9.59 Å². The summed E-state index contributed by atoms with van der Waals surface area (Å²) in [7, 11) is 1.64. The van der Waals surface area contributed by atoms with Crippen molar-refractivity contribution in [1.29, 1.82) is 0 Å². The number of anilines is 1. The van der Waals surface area contributed by atoms with Crippen molar-refractivity contribution in [3.63, 3.8) is 0 Å². The number of methoxy groups -OCH3 is 1. The highest BCUT2D eigenvalue weighted by atomic mass is 16.5. The van der Waals surface area contributed by atoms with Crippen LogP contribution in [0, 0.1) is 0 Å². The number of nitrogens with zero attached hydrogens (tertiary/aromatic N) is 1. The average Bonchev–Trinajstić information content (AvgIpc) is 2.60. The number of carbonyl (C=O) groups excluding carboxylic acids is 2. The summed E-state index contributed by atoms with van der Waals surface area (Å²) in [5.41, 5.74) is 1.30. The first-order valence-corrected chi connectivity index (χ1v) is 8.58. The van der Waals surface area contributed by atoms with Gasteiger partial charge in [0.15, 0.2) is 0 Å². The Balaban J connectivity index is 1.76. The van der Waals surface area contributed by atoms with Gasteiger partial charge in [-0.05, 0) is 56.6 Å². The van der Waals surface area contributed by atoms with Crippen molar-refractivity contribution in [2.24, 2.45) is 0 Å². The predicted octanol–water partition coefficient (Wildman–Crippen LogP) is 1.88. The van der Waals surface area contributed by atoms with Crippen molar-refractivity contribution >= 4 is 17.5 Å². The quantitative estimate of drug-likeness (QED) is 0.713. The van der Waals surface area contributed by atoms with Crippen molar-refractivity contribution in [2.75, 3.05) is 45.2 Å². The maximum Gasteiger partial charge on any atom is 0.251 e. The van der Waals surface area contributed by atoms with Crippen LogP contribution in [0.4, 0.5) is 5.69 Å². The predicted molar refractivity (Wildman–Crippen MR) is 94.2 cm³/mol. The maximum absolute atomic E-state index is 12.1. The van der Waals surface area contributed by atoms with Gasteiger partial charge in [0.05, 0.1) is 6.54 Å². The number of benzene rings is 1. The first-order valence-electron chi connectivity index (χ1n) is 8.58. The standard InChI is InChI=1S/C18H27N3O3/c1-24-13-5-10-19-18(23)15-6-8-16(9-7-15)20-17(22)14-21-11-3-2-4-12-21/h6-9H,2-5,10-14H2,1H3,(H,19,23)(H,20,22). The summed E-state index contributed by atoms with van der Waals surface area (Å²) < 4.78 is 4.94. The second-order valence-corrected chi connectivity index (χ2v) is 6.06. The first-order chi connectivity index (χ1) is 11.7. The molecule has 2 rings (SSSR count). The van der Waals surface area contributed by atoms with Crippen LogP contribution in [0.15, 0.2) is 24.3 Å². The van der Waals surface area contributed by atoms with Crippen LogP contribution in [-0.2, 0) is 9.53 Å². The first kappa shape index (κ1) is 18.4. The molecule has 6 nitrogen and oxygen atoms in total. The van der Waals surface area contributed by atoms with E-state index < -0.39 is 0 Å². The largest absolute Gasteiger partial charge is 0.385 e. The smallest absolute Gasteiger partial charge is 0.251 e. The molecule has 0 unspecified atom stereocenters. The Hall–Kier alpha value is -1.92. The fraction of sp³-hybridized carbons (Fsp3) is 0.556. The van der Waals surface area contributed by atoms with Crippen LogP contribution in [0.25, 0.3) is 0 Å². The molecular formula is C18H27N3O3. The van der Waals surface area contributed by atoms with Crippen molar-refractivity contribution in [3.05, 3.63) is 29.8 Å². The number of hydrogen-bond donors (Lipinski definition) is 2. The van der Waals surface area contributed by atoms with E-state index in [1.165, 1.54) is 19.3 Å². The zero-order chi connectivity index (χ0) is 17.2. The van der Waals surface area contributed by atoms with E-state index in [0.29, 0.717) is 30.9 Å². The lowest BCUT2D eigenvalue weighted by atomic mass is 10.1. The minimum absolute atomic E-state index is 0.00586. The van der Waals surface area contributed by atoms with E-state index in [4.69, 9.17) is 4.74 Å². The van der Waals surface area contributed by atoms with Crippen molar-refractivity contribution < 1.29 is 14.3 Å². The number of rotatable bonds is 8. The Morgan fingerprint density at radius 3 is 2.50 bits per heavy atom. The summed E-state index contributed by atoms with van der Waals surface area (Å²) >= 11 is 0. The molecule has 0 saturated carbocycles. The molecule has 1 aromatic rings. The number of nitrogens with one attached hydrogen (secondary N) is 2. The zero-order valence-electron chi connectivity index (χ0n) is 14.3.